The number of piperidine rings is 1. The van der Waals surface area contributed by atoms with Crippen LogP contribution in [0.15, 0.2) is 18.2 Å². The minimum Gasteiger partial charge on any atom is -0.493 e. The molecule has 2 N–H and O–H groups in total. The molecule has 1 aromatic rings. The van der Waals surface area contributed by atoms with Crippen molar-refractivity contribution >= 4 is 0 Å². The Morgan fingerprint density at radius 2 is 1.95 bits per heavy atom. The molecule has 118 valence electrons. The van der Waals surface area contributed by atoms with Crippen molar-refractivity contribution in [3.8, 4) is 11.5 Å². The molecule has 0 spiro atoms. The fourth-order valence-electron chi connectivity index (χ4n) is 3.43. The van der Waals surface area contributed by atoms with Gasteiger partial charge in [0.2, 0.25) is 0 Å². The number of nitrogens with zero attached hydrogens (tertiary/aromatic N) is 1. The number of rotatable bonds is 5. The molecule has 1 aromatic carbocycles. The molecule has 2 atom stereocenters. The first-order valence-electron chi connectivity index (χ1n) is 7.80. The molecule has 0 radical (unpaired) electrons. The first-order chi connectivity index (χ1) is 10.1. The maximum Gasteiger partial charge on any atom is 0.161 e. The number of methoxy groups -OCH3 is 2. The molecule has 1 fully saturated rings. The third-order valence-electron chi connectivity index (χ3n) is 4.51. The summed E-state index contributed by atoms with van der Waals surface area (Å²) in [4.78, 5) is 2.56. The second kappa shape index (κ2) is 7.14. The van der Waals surface area contributed by atoms with Crippen LogP contribution in [0.1, 0.15) is 38.3 Å². The Labute approximate surface area is 128 Å². The van der Waals surface area contributed by atoms with Crippen LogP contribution in [0.4, 0.5) is 0 Å². The van der Waals surface area contributed by atoms with Crippen LogP contribution in [-0.4, -0.2) is 38.3 Å². The van der Waals surface area contributed by atoms with Crippen molar-refractivity contribution < 1.29 is 9.47 Å². The summed E-state index contributed by atoms with van der Waals surface area (Å²) >= 11 is 0. The Balaban J connectivity index is 2.38. The quantitative estimate of drug-likeness (QED) is 0.906. The van der Waals surface area contributed by atoms with Gasteiger partial charge >= 0.3 is 0 Å². The van der Waals surface area contributed by atoms with Gasteiger partial charge in [0.15, 0.2) is 11.5 Å². The van der Waals surface area contributed by atoms with Gasteiger partial charge in [-0.3, -0.25) is 4.90 Å². The topological polar surface area (TPSA) is 47.7 Å². The predicted molar refractivity (Wildman–Crippen MR) is 85.9 cm³/mol. The molecule has 0 bridgehead atoms. The van der Waals surface area contributed by atoms with Crippen LogP contribution >= 0.6 is 0 Å². The minimum atomic E-state index is 0.364. The Morgan fingerprint density at radius 1 is 1.24 bits per heavy atom. The average molecular weight is 292 g/mol. The number of nitrogens with two attached hydrogens (primary N) is 1. The molecule has 1 aliphatic heterocycles. The molecule has 4 nitrogen and oxygen atoms in total. The van der Waals surface area contributed by atoms with E-state index in [4.69, 9.17) is 15.2 Å². The molecular formula is C17H28N2O2. The number of hydrogen-bond donors (Lipinski definition) is 1. The summed E-state index contributed by atoms with van der Waals surface area (Å²) in [6.07, 6.45) is 2.42. The molecule has 4 heteroatoms. The highest BCUT2D eigenvalue weighted by atomic mass is 16.5. The lowest BCUT2D eigenvalue weighted by Gasteiger charge is -2.43. The van der Waals surface area contributed by atoms with Gasteiger partial charge in [0.05, 0.1) is 14.2 Å². The van der Waals surface area contributed by atoms with Gasteiger partial charge < -0.3 is 15.2 Å². The van der Waals surface area contributed by atoms with Crippen LogP contribution < -0.4 is 15.2 Å². The summed E-state index contributed by atoms with van der Waals surface area (Å²) in [7, 11) is 3.35. The first-order valence-corrected chi connectivity index (χ1v) is 7.80. The monoisotopic (exact) mass is 292 g/mol. The Kier molecular flexibility index (Phi) is 5.48. The van der Waals surface area contributed by atoms with Crippen molar-refractivity contribution in [1.82, 2.24) is 4.90 Å². The van der Waals surface area contributed by atoms with Gasteiger partial charge in [0, 0.05) is 12.1 Å². The molecule has 0 saturated carbocycles. The van der Waals surface area contributed by atoms with Crippen LogP contribution in [0, 0.1) is 5.92 Å². The van der Waals surface area contributed by atoms with Crippen LogP contribution in [0.25, 0.3) is 0 Å². The van der Waals surface area contributed by atoms with Crippen LogP contribution in [0.5, 0.6) is 11.5 Å². The zero-order chi connectivity index (χ0) is 15.4. The van der Waals surface area contributed by atoms with E-state index >= 15 is 0 Å². The standard InChI is InChI=1S/C17H28N2O2/c1-12(2)19-9-5-6-14(11-18)17(19)13-7-8-15(20-3)16(10-13)21-4/h7-8,10,12,14,17H,5-6,9,11,18H2,1-4H3. The fourth-order valence-corrected chi connectivity index (χ4v) is 3.43. The Hall–Kier alpha value is -1.26. The first kappa shape index (κ1) is 16.1. The lowest BCUT2D eigenvalue weighted by atomic mass is 9.83. The van der Waals surface area contributed by atoms with Gasteiger partial charge in [-0.25, -0.2) is 0 Å². The summed E-state index contributed by atoms with van der Waals surface area (Å²) in [5.41, 5.74) is 7.31. The Morgan fingerprint density at radius 3 is 2.52 bits per heavy atom. The highest BCUT2D eigenvalue weighted by molar-refractivity contribution is 5.44. The smallest absolute Gasteiger partial charge is 0.161 e. The summed E-state index contributed by atoms with van der Waals surface area (Å²) in [6, 6.07) is 7.12. The van der Waals surface area contributed by atoms with Crippen molar-refractivity contribution in [2.75, 3.05) is 27.3 Å². The van der Waals surface area contributed by atoms with Crippen molar-refractivity contribution in [2.45, 2.75) is 38.8 Å². The molecule has 0 aliphatic carbocycles. The van der Waals surface area contributed by atoms with Gasteiger partial charge in [-0.1, -0.05) is 6.07 Å². The van der Waals surface area contributed by atoms with E-state index in [0.717, 1.165) is 24.6 Å². The summed E-state index contributed by atoms with van der Waals surface area (Å²) in [5, 5.41) is 0. The van der Waals surface area contributed by atoms with E-state index in [2.05, 4.69) is 30.9 Å². The lowest BCUT2D eigenvalue weighted by Crippen LogP contribution is -2.44. The highest BCUT2D eigenvalue weighted by Crippen LogP contribution is 2.39. The maximum atomic E-state index is 6.04. The number of likely N-dealkylation sites (tertiary alicyclic amines) is 1. The van der Waals surface area contributed by atoms with Crippen LogP contribution in [-0.2, 0) is 0 Å². The molecule has 1 heterocycles. The third kappa shape index (κ3) is 3.33. The number of benzene rings is 1. The molecule has 2 rings (SSSR count). The Bertz CT molecular complexity index is 462. The van der Waals surface area contributed by atoms with Gasteiger partial charge in [0.25, 0.3) is 0 Å². The molecule has 2 unspecified atom stereocenters. The van der Waals surface area contributed by atoms with Gasteiger partial charge in [0.1, 0.15) is 0 Å². The van der Waals surface area contributed by atoms with E-state index in [1.807, 2.05) is 6.07 Å². The normalized spacial score (nSPS) is 23.3. The van der Waals surface area contributed by atoms with Gasteiger partial charge in [-0.2, -0.15) is 0 Å². The summed E-state index contributed by atoms with van der Waals surface area (Å²) < 4.78 is 10.8. The molecule has 0 amide bonds. The van der Waals surface area contributed by atoms with E-state index in [1.165, 1.54) is 18.4 Å². The minimum absolute atomic E-state index is 0.364. The maximum absolute atomic E-state index is 6.04. The van der Waals surface area contributed by atoms with E-state index in [0.29, 0.717) is 18.0 Å². The largest absolute Gasteiger partial charge is 0.493 e. The second-order valence-electron chi connectivity index (χ2n) is 6.03. The average Bonchev–Trinajstić information content (AvgIpc) is 2.53. The van der Waals surface area contributed by atoms with Crippen molar-refractivity contribution in [2.24, 2.45) is 11.7 Å². The van der Waals surface area contributed by atoms with Crippen molar-refractivity contribution in [1.29, 1.82) is 0 Å². The van der Waals surface area contributed by atoms with Crippen LogP contribution in [0.2, 0.25) is 0 Å². The molecular weight excluding hydrogens is 264 g/mol. The van der Waals surface area contributed by atoms with Gasteiger partial charge in [-0.15, -0.1) is 0 Å². The van der Waals surface area contributed by atoms with Crippen LogP contribution in [0.3, 0.4) is 0 Å². The van der Waals surface area contributed by atoms with E-state index in [-0.39, 0.29) is 0 Å². The fraction of sp³-hybridized carbons (Fsp3) is 0.647. The molecule has 1 saturated heterocycles. The summed E-state index contributed by atoms with van der Waals surface area (Å²) in [6.45, 7) is 6.37. The van der Waals surface area contributed by atoms with E-state index in [9.17, 15) is 0 Å². The number of ether oxygens (including phenoxy) is 2. The molecule has 21 heavy (non-hydrogen) atoms. The third-order valence-corrected chi connectivity index (χ3v) is 4.51. The zero-order valence-corrected chi connectivity index (χ0v) is 13.6. The van der Waals surface area contributed by atoms with Crippen molar-refractivity contribution in [3.05, 3.63) is 23.8 Å². The van der Waals surface area contributed by atoms with Crippen molar-refractivity contribution in [3.63, 3.8) is 0 Å². The molecule has 1 aliphatic rings. The van der Waals surface area contributed by atoms with E-state index in [1.54, 1.807) is 14.2 Å². The summed E-state index contributed by atoms with van der Waals surface area (Å²) in [5.74, 6) is 2.07. The molecule has 0 aromatic heterocycles. The highest BCUT2D eigenvalue weighted by Gasteiger charge is 2.33. The predicted octanol–water partition coefficient (Wildman–Crippen LogP) is 2.82. The SMILES string of the molecule is COc1ccc(C2C(CN)CCCN2C(C)C)cc1OC. The van der Waals surface area contributed by atoms with Gasteiger partial charge in [-0.05, 0) is 63.4 Å². The lowest BCUT2D eigenvalue weighted by molar-refractivity contribution is 0.0663. The van der Waals surface area contributed by atoms with E-state index < -0.39 is 0 Å². The second-order valence-corrected chi connectivity index (χ2v) is 6.03. The number of hydrogen-bond acceptors (Lipinski definition) is 4. The zero-order valence-electron chi connectivity index (χ0n) is 13.6.